The van der Waals surface area contributed by atoms with Crippen molar-refractivity contribution in [2.45, 2.75) is 18.2 Å². The number of rotatable bonds is 5. The molecule has 0 aliphatic carbocycles. The topological polar surface area (TPSA) is 34.1 Å². The fourth-order valence-corrected chi connectivity index (χ4v) is 2.44. The Morgan fingerprint density at radius 1 is 1.31 bits per heavy atom. The Labute approximate surface area is 97.2 Å². The third-order valence-corrected chi connectivity index (χ3v) is 3.64. The van der Waals surface area contributed by atoms with Crippen molar-refractivity contribution in [1.29, 1.82) is 0 Å². The van der Waals surface area contributed by atoms with E-state index >= 15 is 0 Å². The molecule has 0 heterocycles. The molecule has 0 saturated heterocycles. The first-order valence-corrected chi connectivity index (χ1v) is 6.70. The van der Waals surface area contributed by atoms with Crippen LogP contribution in [-0.2, 0) is 9.84 Å². The monoisotopic (exact) mass is 236 g/mol. The van der Waals surface area contributed by atoms with E-state index in [9.17, 15) is 8.42 Å². The van der Waals surface area contributed by atoms with Crippen molar-refractivity contribution in [2.75, 3.05) is 0 Å². The lowest BCUT2D eigenvalue weighted by molar-refractivity contribution is 0.604. The van der Waals surface area contributed by atoms with Gasteiger partial charge in [0.05, 0.1) is 4.90 Å². The Balaban J connectivity index is 2.85. The molecule has 0 unspecified atom stereocenters. The second-order valence-electron chi connectivity index (χ2n) is 3.69. The van der Waals surface area contributed by atoms with E-state index in [1.54, 1.807) is 42.5 Å². The Hall–Kier alpha value is -1.35. The van der Waals surface area contributed by atoms with Crippen LogP contribution in [0.25, 0.3) is 0 Å². The predicted octanol–water partition coefficient (Wildman–Crippen LogP) is 3.19. The second kappa shape index (κ2) is 5.66. The number of allylic oxidation sites excluding steroid dienone is 2. The summed E-state index contributed by atoms with van der Waals surface area (Å²) in [7, 11) is -3.29. The Bertz CT molecular complexity index is 458. The van der Waals surface area contributed by atoms with Crippen LogP contribution in [0.2, 0.25) is 0 Å². The van der Waals surface area contributed by atoms with Crippen LogP contribution in [0.4, 0.5) is 0 Å². The minimum absolute atomic E-state index is 0.191. The van der Waals surface area contributed by atoms with Gasteiger partial charge in [0.2, 0.25) is 0 Å². The van der Waals surface area contributed by atoms with Crippen molar-refractivity contribution in [2.24, 2.45) is 5.92 Å². The second-order valence-corrected chi connectivity index (χ2v) is 5.52. The van der Waals surface area contributed by atoms with E-state index in [1.165, 1.54) is 5.41 Å². The molecular weight excluding hydrogens is 220 g/mol. The molecule has 0 amide bonds. The van der Waals surface area contributed by atoms with Crippen LogP contribution >= 0.6 is 0 Å². The largest absolute Gasteiger partial charge is 0.219 e. The van der Waals surface area contributed by atoms with Crippen molar-refractivity contribution in [1.82, 2.24) is 0 Å². The first kappa shape index (κ1) is 12.7. The fourth-order valence-electron chi connectivity index (χ4n) is 1.27. The van der Waals surface area contributed by atoms with Gasteiger partial charge in [-0.1, -0.05) is 37.3 Å². The molecule has 0 aliphatic rings. The molecule has 1 aromatic rings. The first-order valence-electron chi connectivity index (χ1n) is 5.15. The molecule has 0 fully saturated rings. The molecule has 0 aliphatic heterocycles. The minimum atomic E-state index is -3.29. The van der Waals surface area contributed by atoms with Gasteiger partial charge in [-0.15, -0.1) is 6.58 Å². The van der Waals surface area contributed by atoms with Crippen molar-refractivity contribution < 1.29 is 8.42 Å². The van der Waals surface area contributed by atoms with Crippen molar-refractivity contribution in [3.05, 3.63) is 54.5 Å². The number of benzene rings is 1. The number of sulfone groups is 1. The van der Waals surface area contributed by atoms with Gasteiger partial charge < -0.3 is 0 Å². The van der Waals surface area contributed by atoms with Crippen LogP contribution in [-0.4, -0.2) is 8.42 Å². The van der Waals surface area contributed by atoms with Crippen LogP contribution in [0.15, 0.2) is 59.4 Å². The highest BCUT2D eigenvalue weighted by Crippen LogP contribution is 2.13. The van der Waals surface area contributed by atoms with E-state index in [0.717, 1.165) is 6.42 Å². The minimum Gasteiger partial charge on any atom is -0.219 e. The van der Waals surface area contributed by atoms with Crippen LogP contribution in [0.1, 0.15) is 13.3 Å². The van der Waals surface area contributed by atoms with Gasteiger partial charge in [0.15, 0.2) is 9.84 Å². The molecule has 16 heavy (non-hydrogen) atoms. The third-order valence-electron chi connectivity index (χ3n) is 2.20. The van der Waals surface area contributed by atoms with E-state index < -0.39 is 9.84 Å². The quantitative estimate of drug-likeness (QED) is 0.736. The van der Waals surface area contributed by atoms with Gasteiger partial charge in [-0.25, -0.2) is 8.42 Å². The standard InChI is InChI=1S/C13H16O2S/c1-3-7-12(2)10-11-16(14,15)13-8-5-4-6-9-13/h3-6,8-12H,1,7H2,2H3/b11-10+/t12-/m0/s1. The molecular formula is C13H16O2S. The highest BCUT2D eigenvalue weighted by molar-refractivity contribution is 7.94. The summed E-state index contributed by atoms with van der Waals surface area (Å²) < 4.78 is 23.7. The maximum absolute atomic E-state index is 11.8. The fraction of sp³-hybridized carbons (Fsp3) is 0.231. The van der Waals surface area contributed by atoms with Crippen LogP contribution in [0.5, 0.6) is 0 Å². The third kappa shape index (κ3) is 3.66. The lowest BCUT2D eigenvalue weighted by atomic mass is 10.1. The zero-order valence-corrected chi connectivity index (χ0v) is 10.2. The van der Waals surface area contributed by atoms with Crippen molar-refractivity contribution in [3.63, 3.8) is 0 Å². The van der Waals surface area contributed by atoms with Gasteiger partial charge in [0.25, 0.3) is 0 Å². The average molecular weight is 236 g/mol. The molecule has 0 N–H and O–H groups in total. The first-order chi connectivity index (χ1) is 7.56. The van der Waals surface area contributed by atoms with Gasteiger partial charge in [-0.05, 0) is 24.5 Å². The Morgan fingerprint density at radius 3 is 2.50 bits per heavy atom. The molecule has 3 heteroatoms. The van der Waals surface area contributed by atoms with Crippen LogP contribution < -0.4 is 0 Å². The van der Waals surface area contributed by atoms with Crippen molar-refractivity contribution in [3.8, 4) is 0 Å². The van der Waals surface area contributed by atoms with Crippen LogP contribution in [0, 0.1) is 5.92 Å². The predicted molar refractivity (Wildman–Crippen MR) is 66.7 cm³/mol. The lowest BCUT2D eigenvalue weighted by Crippen LogP contribution is -1.97. The molecule has 1 atom stereocenters. The number of hydrogen-bond acceptors (Lipinski definition) is 2. The molecule has 2 nitrogen and oxygen atoms in total. The zero-order valence-electron chi connectivity index (χ0n) is 9.34. The van der Waals surface area contributed by atoms with Crippen molar-refractivity contribution >= 4 is 9.84 Å². The maximum Gasteiger partial charge on any atom is 0.199 e. The highest BCUT2D eigenvalue weighted by atomic mass is 32.2. The van der Waals surface area contributed by atoms with E-state index in [-0.39, 0.29) is 5.92 Å². The molecule has 0 aromatic heterocycles. The maximum atomic E-state index is 11.8. The number of hydrogen-bond donors (Lipinski definition) is 0. The van der Waals surface area contributed by atoms with E-state index in [0.29, 0.717) is 4.90 Å². The molecule has 0 radical (unpaired) electrons. The Morgan fingerprint density at radius 2 is 1.94 bits per heavy atom. The van der Waals surface area contributed by atoms with E-state index in [1.807, 2.05) is 6.92 Å². The normalized spacial score (nSPS) is 13.8. The summed E-state index contributed by atoms with van der Waals surface area (Å²) in [4.78, 5) is 0.331. The van der Waals surface area contributed by atoms with Crippen LogP contribution in [0.3, 0.4) is 0 Å². The zero-order chi connectivity index (χ0) is 12.0. The summed E-state index contributed by atoms with van der Waals surface area (Å²) >= 11 is 0. The lowest BCUT2D eigenvalue weighted by Gasteiger charge is -2.01. The van der Waals surface area contributed by atoms with Gasteiger partial charge in [0, 0.05) is 5.41 Å². The van der Waals surface area contributed by atoms with Gasteiger partial charge in [0.1, 0.15) is 0 Å². The molecule has 0 spiro atoms. The SMILES string of the molecule is C=CC[C@H](C)/C=C/S(=O)(=O)c1ccccc1. The average Bonchev–Trinajstić information content (AvgIpc) is 2.28. The summed E-state index contributed by atoms with van der Waals surface area (Å²) in [6, 6.07) is 8.42. The molecule has 1 aromatic carbocycles. The van der Waals surface area contributed by atoms with E-state index in [2.05, 4.69) is 6.58 Å². The summed E-state index contributed by atoms with van der Waals surface area (Å²) in [6.45, 7) is 5.58. The molecule has 0 saturated carbocycles. The molecule has 1 rings (SSSR count). The van der Waals surface area contributed by atoms with Gasteiger partial charge in [-0.2, -0.15) is 0 Å². The summed E-state index contributed by atoms with van der Waals surface area (Å²) in [6.07, 6.45) is 4.26. The van der Waals surface area contributed by atoms with E-state index in [4.69, 9.17) is 0 Å². The van der Waals surface area contributed by atoms with Gasteiger partial charge >= 0.3 is 0 Å². The summed E-state index contributed by atoms with van der Waals surface area (Å²) in [5.41, 5.74) is 0. The molecule has 0 bridgehead atoms. The highest BCUT2D eigenvalue weighted by Gasteiger charge is 2.09. The van der Waals surface area contributed by atoms with Gasteiger partial charge in [-0.3, -0.25) is 0 Å². The summed E-state index contributed by atoms with van der Waals surface area (Å²) in [5, 5.41) is 1.27. The smallest absolute Gasteiger partial charge is 0.199 e. The Kier molecular flexibility index (Phi) is 4.50. The summed E-state index contributed by atoms with van der Waals surface area (Å²) in [5.74, 6) is 0.191. The molecule has 86 valence electrons.